The zero-order valence-corrected chi connectivity index (χ0v) is 16.6. The minimum Gasteiger partial charge on any atom is -0.496 e. The van der Waals surface area contributed by atoms with Gasteiger partial charge in [-0.25, -0.2) is 0 Å². The Labute approximate surface area is 170 Å². The Balaban J connectivity index is 1.61. The van der Waals surface area contributed by atoms with Crippen LogP contribution in [0.15, 0.2) is 72.8 Å². The third-order valence-electron chi connectivity index (χ3n) is 4.59. The molecule has 5 nitrogen and oxygen atoms in total. The first-order chi connectivity index (χ1) is 14.1. The van der Waals surface area contributed by atoms with Crippen LogP contribution in [0.2, 0.25) is 0 Å². The highest BCUT2D eigenvalue weighted by molar-refractivity contribution is 5.99. The number of amides is 2. The molecule has 0 unspecified atom stereocenters. The Morgan fingerprint density at radius 2 is 1.41 bits per heavy atom. The van der Waals surface area contributed by atoms with E-state index in [1.165, 1.54) is 5.56 Å². The van der Waals surface area contributed by atoms with E-state index in [9.17, 15) is 9.59 Å². The molecular formula is C24H24N2O3. The minimum absolute atomic E-state index is 0.218. The molecule has 148 valence electrons. The Hall–Kier alpha value is -3.60. The molecule has 3 aromatic carbocycles. The lowest BCUT2D eigenvalue weighted by atomic mass is 10.1. The molecule has 5 heteroatoms. The van der Waals surface area contributed by atoms with Gasteiger partial charge in [0.15, 0.2) is 0 Å². The van der Waals surface area contributed by atoms with Crippen molar-refractivity contribution in [3.8, 4) is 5.75 Å². The summed E-state index contributed by atoms with van der Waals surface area (Å²) >= 11 is 0. The van der Waals surface area contributed by atoms with E-state index in [2.05, 4.69) is 10.6 Å². The molecule has 29 heavy (non-hydrogen) atoms. The SMILES string of the molecule is COc1ccccc1CNC(=O)c1cccc(C(=O)NCc2ccc(C)cc2)c1. The lowest BCUT2D eigenvalue weighted by Gasteiger charge is -2.10. The summed E-state index contributed by atoms with van der Waals surface area (Å²) in [5.74, 6) is 0.256. The van der Waals surface area contributed by atoms with Gasteiger partial charge in [-0.3, -0.25) is 9.59 Å². The van der Waals surface area contributed by atoms with Gasteiger partial charge in [-0.2, -0.15) is 0 Å². The predicted molar refractivity (Wildman–Crippen MR) is 113 cm³/mol. The van der Waals surface area contributed by atoms with Gasteiger partial charge >= 0.3 is 0 Å². The second kappa shape index (κ2) is 9.55. The molecule has 0 spiro atoms. The van der Waals surface area contributed by atoms with E-state index in [4.69, 9.17) is 4.74 Å². The summed E-state index contributed by atoms with van der Waals surface area (Å²) in [6.07, 6.45) is 0. The molecule has 3 aromatic rings. The Morgan fingerprint density at radius 3 is 2.07 bits per heavy atom. The summed E-state index contributed by atoms with van der Waals surface area (Å²) in [7, 11) is 1.60. The minimum atomic E-state index is -0.246. The van der Waals surface area contributed by atoms with Gasteiger partial charge in [-0.1, -0.05) is 54.1 Å². The van der Waals surface area contributed by atoms with Crippen LogP contribution in [0.25, 0.3) is 0 Å². The molecule has 2 amide bonds. The molecule has 0 aliphatic rings. The van der Waals surface area contributed by atoms with Crippen molar-refractivity contribution < 1.29 is 14.3 Å². The van der Waals surface area contributed by atoms with E-state index in [-0.39, 0.29) is 11.8 Å². The van der Waals surface area contributed by atoms with Crippen molar-refractivity contribution in [2.75, 3.05) is 7.11 Å². The van der Waals surface area contributed by atoms with E-state index < -0.39 is 0 Å². The van der Waals surface area contributed by atoms with E-state index >= 15 is 0 Å². The van der Waals surface area contributed by atoms with Crippen LogP contribution in [0.5, 0.6) is 5.75 Å². The third-order valence-corrected chi connectivity index (χ3v) is 4.59. The topological polar surface area (TPSA) is 67.4 Å². The summed E-state index contributed by atoms with van der Waals surface area (Å²) in [5, 5.41) is 5.76. The van der Waals surface area contributed by atoms with Gasteiger partial charge in [0.25, 0.3) is 11.8 Å². The maximum absolute atomic E-state index is 12.5. The van der Waals surface area contributed by atoms with Crippen LogP contribution in [0.4, 0.5) is 0 Å². The number of carbonyl (C=O) groups is 2. The van der Waals surface area contributed by atoms with Gasteiger partial charge in [0, 0.05) is 29.8 Å². The lowest BCUT2D eigenvalue weighted by molar-refractivity contribution is 0.0950. The Bertz CT molecular complexity index is 997. The standard InChI is InChI=1S/C24H24N2O3/c1-17-10-12-18(13-11-17)15-25-23(27)19-7-5-8-20(14-19)24(28)26-16-21-6-3-4-9-22(21)29-2/h3-14H,15-16H2,1-2H3,(H,25,27)(H,26,28). The third kappa shape index (κ3) is 5.45. The van der Waals surface area contributed by atoms with Gasteiger partial charge in [0.1, 0.15) is 5.75 Å². The Morgan fingerprint density at radius 1 is 0.793 bits per heavy atom. The molecular weight excluding hydrogens is 364 g/mol. The monoisotopic (exact) mass is 388 g/mol. The van der Waals surface area contributed by atoms with E-state index in [1.807, 2.05) is 55.5 Å². The van der Waals surface area contributed by atoms with Gasteiger partial charge in [0.05, 0.1) is 7.11 Å². The van der Waals surface area contributed by atoms with E-state index in [0.717, 1.165) is 16.9 Å². The zero-order valence-electron chi connectivity index (χ0n) is 16.6. The molecule has 0 radical (unpaired) electrons. The van der Waals surface area contributed by atoms with Crippen LogP contribution in [0.1, 0.15) is 37.4 Å². The van der Waals surface area contributed by atoms with Crippen molar-refractivity contribution in [3.05, 3.63) is 101 Å². The fourth-order valence-corrected chi connectivity index (χ4v) is 2.92. The van der Waals surface area contributed by atoms with E-state index in [1.54, 1.807) is 31.4 Å². The maximum Gasteiger partial charge on any atom is 0.251 e. The summed E-state index contributed by atoms with van der Waals surface area (Å²) in [6.45, 7) is 2.79. The highest BCUT2D eigenvalue weighted by atomic mass is 16.5. The Kier molecular flexibility index (Phi) is 6.63. The van der Waals surface area contributed by atoms with Gasteiger partial charge in [-0.15, -0.1) is 0 Å². The average Bonchev–Trinajstić information content (AvgIpc) is 2.77. The second-order valence-corrected chi connectivity index (χ2v) is 6.74. The van der Waals surface area contributed by atoms with Crippen molar-refractivity contribution in [1.29, 1.82) is 0 Å². The van der Waals surface area contributed by atoms with Gasteiger partial charge < -0.3 is 15.4 Å². The first-order valence-electron chi connectivity index (χ1n) is 9.40. The van der Waals surface area contributed by atoms with Crippen LogP contribution < -0.4 is 15.4 Å². The largest absolute Gasteiger partial charge is 0.496 e. The normalized spacial score (nSPS) is 10.3. The number of ether oxygens (including phenoxy) is 1. The number of hydrogen-bond acceptors (Lipinski definition) is 3. The number of nitrogens with one attached hydrogen (secondary N) is 2. The van der Waals surface area contributed by atoms with Crippen molar-refractivity contribution in [2.45, 2.75) is 20.0 Å². The van der Waals surface area contributed by atoms with Crippen LogP contribution in [-0.4, -0.2) is 18.9 Å². The molecule has 0 atom stereocenters. The fraction of sp³-hybridized carbons (Fsp3) is 0.167. The van der Waals surface area contributed by atoms with Gasteiger partial charge in [-0.05, 0) is 36.8 Å². The number of para-hydroxylation sites is 1. The molecule has 2 N–H and O–H groups in total. The first kappa shape index (κ1) is 20.1. The highest BCUT2D eigenvalue weighted by Crippen LogP contribution is 2.17. The van der Waals surface area contributed by atoms with Crippen molar-refractivity contribution in [1.82, 2.24) is 10.6 Å². The fourth-order valence-electron chi connectivity index (χ4n) is 2.92. The summed E-state index contributed by atoms with van der Waals surface area (Å²) in [6, 6.07) is 22.2. The predicted octanol–water partition coefficient (Wildman–Crippen LogP) is 3.86. The quantitative estimate of drug-likeness (QED) is 0.646. The molecule has 0 saturated heterocycles. The number of carbonyl (C=O) groups excluding carboxylic acids is 2. The number of hydrogen-bond donors (Lipinski definition) is 2. The van der Waals surface area contributed by atoms with Crippen LogP contribution >= 0.6 is 0 Å². The molecule has 0 bridgehead atoms. The molecule has 0 saturated carbocycles. The average molecular weight is 388 g/mol. The molecule has 0 aliphatic heterocycles. The maximum atomic E-state index is 12.5. The molecule has 0 aliphatic carbocycles. The first-order valence-corrected chi connectivity index (χ1v) is 9.40. The molecule has 0 aromatic heterocycles. The molecule has 3 rings (SSSR count). The smallest absolute Gasteiger partial charge is 0.251 e. The summed E-state index contributed by atoms with van der Waals surface area (Å²) in [4.78, 5) is 25.0. The van der Waals surface area contributed by atoms with Crippen molar-refractivity contribution in [2.24, 2.45) is 0 Å². The number of aryl methyl sites for hydroxylation is 1. The van der Waals surface area contributed by atoms with E-state index in [0.29, 0.717) is 24.2 Å². The molecule has 0 heterocycles. The number of benzene rings is 3. The zero-order chi connectivity index (χ0) is 20.6. The summed E-state index contributed by atoms with van der Waals surface area (Å²) in [5.41, 5.74) is 3.96. The van der Waals surface area contributed by atoms with Crippen LogP contribution in [0, 0.1) is 6.92 Å². The van der Waals surface area contributed by atoms with Gasteiger partial charge in [0.2, 0.25) is 0 Å². The number of methoxy groups -OCH3 is 1. The lowest BCUT2D eigenvalue weighted by Crippen LogP contribution is -2.25. The molecule has 0 fully saturated rings. The summed E-state index contributed by atoms with van der Waals surface area (Å²) < 4.78 is 5.30. The number of rotatable bonds is 7. The van der Waals surface area contributed by atoms with Crippen molar-refractivity contribution >= 4 is 11.8 Å². The van der Waals surface area contributed by atoms with Crippen LogP contribution in [-0.2, 0) is 13.1 Å². The second-order valence-electron chi connectivity index (χ2n) is 6.74. The van der Waals surface area contributed by atoms with Crippen LogP contribution in [0.3, 0.4) is 0 Å². The van der Waals surface area contributed by atoms with Crippen molar-refractivity contribution in [3.63, 3.8) is 0 Å². The highest BCUT2D eigenvalue weighted by Gasteiger charge is 2.11.